The monoisotopic (exact) mass is 466 g/mol. The highest BCUT2D eigenvalue weighted by Gasteiger charge is 2.17. The van der Waals surface area contributed by atoms with Gasteiger partial charge in [0.2, 0.25) is 9.84 Å². The van der Waals surface area contributed by atoms with Crippen LogP contribution in [0.5, 0.6) is 0 Å². The molecule has 0 N–H and O–H groups in total. The standard InChI is InChI=1S/C30H42O2S/c1-21(2)29(22(3)4)19-13-25-9-15-27(16-10-25)33(31,32)28-17-11-26(12-18-28)14-20-30(23(5)6)24(7)8/h9-12,15-24H,13-14H2,1-8H3. The Labute approximate surface area is 202 Å². The molecule has 0 aliphatic rings. The summed E-state index contributed by atoms with van der Waals surface area (Å²) in [7, 11) is -3.52. The van der Waals surface area contributed by atoms with Gasteiger partial charge in [-0.05, 0) is 71.9 Å². The molecule has 2 aromatic rings. The molecule has 0 aliphatic carbocycles. The Bertz CT molecular complexity index is 948. The van der Waals surface area contributed by atoms with Gasteiger partial charge < -0.3 is 0 Å². The Morgan fingerprint density at radius 3 is 1.09 bits per heavy atom. The van der Waals surface area contributed by atoms with E-state index in [2.05, 4.69) is 67.5 Å². The van der Waals surface area contributed by atoms with Crippen LogP contribution in [0.25, 0.3) is 0 Å². The Balaban J connectivity index is 2.16. The maximum absolute atomic E-state index is 13.1. The molecule has 2 rings (SSSR count). The van der Waals surface area contributed by atoms with Gasteiger partial charge in [-0.25, -0.2) is 8.42 Å². The summed E-state index contributed by atoms with van der Waals surface area (Å²) < 4.78 is 26.2. The smallest absolute Gasteiger partial charge is 0.206 e. The van der Waals surface area contributed by atoms with Gasteiger partial charge in [-0.2, -0.15) is 0 Å². The molecule has 0 unspecified atom stereocenters. The number of hydrogen-bond acceptors (Lipinski definition) is 2. The van der Waals surface area contributed by atoms with Gasteiger partial charge in [0.1, 0.15) is 0 Å². The van der Waals surface area contributed by atoms with E-state index in [0.29, 0.717) is 33.5 Å². The van der Waals surface area contributed by atoms with Crippen molar-refractivity contribution in [3.63, 3.8) is 0 Å². The zero-order valence-corrected chi connectivity index (χ0v) is 22.5. The van der Waals surface area contributed by atoms with Gasteiger partial charge in [-0.15, -0.1) is 0 Å². The van der Waals surface area contributed by atoms with Crippen LogP contribution in [-0.4, -0.2) is 8.42 Å². The van der Waals surface area contributed by atoms with Crippen LogP contribution in [0, 0.1) is 23.7 Å². The number of hydrogen-bond donors (Lipinski definition) is 0. The lowest BCUT2D eigenvalue weighted by Gasteiger charge is -2.15. The maximum atomic E-state index is 13.1. The largest absolute Gasteiger partial charge is 0.219 e. The molecule has 0 saturated carbocycles. The number of allylic oxidation sites excluding steroid dienone is 4. The minimum atomic E-state index is -3.52. The first-order valence-corrected chi connectivity index (χ1v) is 13.7. The van der Waals surface area contributed by atoms with Gasteiger partial charge in [-0.3, -0.25) is 0 Å². The van der Waals surface area contributed by atoms with Crippen molar-refractivity contribution < 1.29 is 8.42 Å². The second-order valence-corrected chi connectivity index (χ2v) is 12.2. The van der Waals surface area contributed by atoms with E-state index >= 15 is 0 Å². The molecular weight excluding hydrogens is 424 g/mol. The van der Waals surface area contributed by atoms with Crippen molar-refractivity contribution in [2.45, 2.75) is 78.0 Å². The van der Waals surface area contributed by atoms with E-state index in [0.717, 1.165) is 24.0 Å². The summed E-state index contributed by atoms with van der Waals surface area (Å²) in [6, 6.07) is 14.7. The van der Waals surface area contributed by atoms with Gasteiger partial charge in [0.05, 0.1) is 9.79 Å². The Morgan fingerprint density at radius 1 is 0.576 bits per heavy atom. The first kappa shape index (κ1) is 27.1. The second-order valence-electron chi connectivity index (χ2n) is 10.2. The zero-order chi connectivity index (χ0) is 24.8. The lowest BCUT2D eigenvalue weighted by Crippen LogP contribution is -2.04. The second kappa shape index (κ2) is 11.8. The molecule has 0 saturated heterocycles. The molecule has 0 spiro atoms. The summed E-state index contributed by atoms with van der Waals surface area (Å²) >= 11 is 0. The number of sulfone groups is 1. The summed E-state index contributed by atoms with van der Waals surface area (Å²) in [6.45, 7) is 17.8. The van der Waals surface area contributed by atoms with Gasteiger partial charge >= 0.3 is 0 Å². The average molecular weight is 467 g/mol. The first-order valence-electron chi connectivity index (χ1n) is 12.3. The molecule has 33 heavy (non-hydrogen) atoms. The van der Waals surface area contributed by atoms with Crippen LogP contribution in [-0.2, 0) is 22.7 Å². The normalized spacial score (nSPS) is 12.0. The minimum Gasteiger partial charge on any atom is -0.219 e. The van der Waals surface area contributed by atoms with Crippen LogP contribution in [0.1, 0.15) is 66.5 Å². The maximum Gasteiger partial charge on any atom is 0.206 e. The summed E-state index contributed by atoms with van der Waals surface area (Å²) in [5.41, 5.74) is 5.13. The lowest BCUT2D eigenvalue weighted by atomic mass is 9.91. The van der Waals surface area contributed by atoms with Gasteiger partial charge in [0.15, 0.2) is 0 Å². The quantitative estimate of drug-likeness (QED) is 0.332. The van der Waals surface area contributed by atoms with E-state index in [-0.39, 0.29) is 0 Å². The number of rotatable bonds is 10. The molecule has 0 aliphatic heterocycles. The minimum absolute atomic E-state index is 0.345. The molecular formula is C30H42O2S. The first-order chi connectivity index (χ1) is 15.4. The molecule has 0 atom stereocenters. The molecule has 0 amide bonds. The van der Waals surface area contributed by atoms with E-state index in [4.69, 9.17) is 0 Å². The Kier molecular flexibility index (Phi) is 9.72. The van der Waals surface area contributed by atoms with Crippen molar-refractivity contribution in [2.24, 2.45) is 23.7 Å². The number of benzene rings is 2. The lowest BCUT2D eigenvalue weighted by molar-refractivity contribution is 0.596. The van der Waals surface area contributed by atoms with Crippen LogP contribution >= 0.6 is 0 Å². The molecule has 0 aromatic heterocycles. The zero-order valence-electron chi connectivity index (χ0n) is 21.7. The summed E-state index contributed by atoms with van der Waals surface area (Å²) in [5.74, 6) is 2.08. The fraction of sp³-hybridized carbons (Fsp3) is 0.467. The van der Waals surface area contributed by atoms with Crippen LogP contribution in [0.4, 0.5) is 0 Å². The summed E-state index contributed by atoms with van der Waals surface area (Å²) in [6.07, 6.45) is 6.22. The van der Waals surface area contributed by atoms with Crippen LogP contribution in [0.15, 0.2) is 81.6 Å². The van der Waals surface area contributed by atoms with Crippen molar-refractivity contribution in [2.75, 3.05) is 0 Å². The van der Waals surface area contributed by atoms with Gasteiger partial charge in [-0.1, -0.05) is 103 Å². The van der Waals surface area contributed by atoms with Crippen molar-refractivity contribution in [3.8, 4) is 0 Å². The van der Waals surface area contributed by atoms with Crippen LogP contribution in [0.3, 0.4) is 0 Å². The van der Waals surface area contributed by atoms with Gasteiger partial charge in [0, 0.05) is 0 Å². The Morgan fingerprint density at radius 2 is 0.848 bits per heavy atom. The summed E-state index contributed by atoms with van der Waals surface area (Å²) in [5, 5.41) is 0. The predicted molar refractivity (Wildman–Crippen MR) is 141 cm³/mol. The van der Waals surface area contributed by atoms with E-state index in [1.54, 1.807) is 24.3 Å². The van der Waals surface area contributed by atoms with E-state index in [1.165, 1.54) is 11.1 Å². The molecule has 2 aromatic carbocycles. The fourth-order valence-corrected chi connectivity index (χ4v) is 5.75. The third-order valence-corrected chi connectivity index (χ3v) is 8.07. The highest BCUT2D eigenvalue weighted by molar-refractivity contribution is 7.91. The highest BCUT2D eigenvalue weighted by atomic mass is 32.2. The van der Waals surface area contributed by atoms with Crippen molar-refractivity contribution in [3.05, 3.63) is 83.0 Å². The molecule has 0 bridgehead atoms. The van der Waals surface area contributed by atoms with E-state index in [9.17, 15) is 8.42 Å². The highest BCUT2D eigenvalue weighted by Crippen LogP contribution is 2.24. The van der Waals surface area contributed by atoms with Crippen LogP contribution < -0.4 is 0 Å². The summed E-state index contributed by atoms with van der Waals surface area (Å²) in [4.78, 5) is 0.690. The van der Waals surface area contributed by atoms with Gasteiger partial charge in [0.25, 0.3) is 0 Å². The van der Waals surface area contributed by atoms with E-state index < -0.39 is 9.84 Å². The molecule has 0 radical (unpaired) electrons. The average Bonchev–Trinajstić information content (AvgIpc) is 2.73. The topological polar surface area (TPSA) is 34.1 Å². The molecule has 0 heterocycles. The molecule has 3 heteroatoms. The third-order valence-electron chi connectivity index (χ3n) is 6.28. The van der Waals surface area contributed by atoms with Crippen LogP contribution in [0.2, 0.25) is 0 Å². The molecule has 2 nitrogen and oxygen atoms in total. The van der Waals surface area contributed by atoms with Crippen molar-refractivity contribution in [1.82, 2.24) is 0 Å². The third kappa shape index (κ3) is 7.43. The van der Waals surface area contributed by atoms with Crippen molar-refractivity contribution >= 4 is 9.84 Å². The molecule has 180 valence electrons. The van der Waals surface area contributed by atoms with E-state index in [1.807, 2.05) is 24.3 Å². The predicted octanol–water partition coefficient (Wildman–Crippen LogP) is 8.08. The fourth-order valence-electron chi connectivity index (χ4n) is 4.49. The Hall–Kier alpha value is -2.13. The SMILES string of the molecule is CC(C)C(=CCc1ccc(S(=O)(=O)c2ccc(CC=C(C(C)C)C(C)C)cc2)cc1)C(C)C. The van der Waals surface area contributed by atoms with Crippen molar-refractivity contribution in [1.29, 1.82) is 0 Å². The molecule has 0 fully saturated rings.